The molecule has 0 fully saturated rings. The van der Waals surface area contributed by atoms with E-state index >= 15 is 0 Å². The zero-order valence-corrected chi connectivity index (χ0v) is 12.2. The lowest BCUT2D eigenvalue weighted by Gasteiger charge is -2.32. The van der Waals surface area contributed by atoms with Crippen LogP contribution in [0.25, 0.3) is 0 Å². The summed E-state index contributed by atoms with van der Waals surface area (Å²) in [6.07, 6.45) is 7.05. The maximum absolute atomic E-state index is 5.71. The van der Waals surface area contributed by atoms with Crippen molar-refractivity contribution in [3.8, 4) is 0 Å². The van der Waals surface area contributed by atoms with Gasteiger partial charge in [-0.15, -0.1) is 0 Å². The first-order valence-corrected chi connectivity index (χ1v) is 6.62. The van der Waals surface area contributed by atoms with Gasteiger partial charge < -0.3 is 9.47 Å². The summed E-state index contributed by atoms with van der Waals surface area (Å²) in [5.41, 5.74) is 0.246. The highest BCUT2D eigenvalue weighted by molar-refractivity contribution is 5.02. The maximum Gasteiger partial charge on any atom is 0.148 e. The molecule has 0 heterocycles. The Balaban J connectivity index is 2.31. The van der Waals surface area contributed by atoms with Crippen LogP contribution in [0.5, 0.6) is 0 Å². The molecule has 2 unspecified atom stereocenters. The minimum atomic E-state index is -0.119. The molecule has 1 aliphatic rings. The second kappa shape index (κ2) is 5.53. The van der Waals surface area contributed by atoms with Gasteiger partial charge in [-0.2, -0.15) is 0 Å². The van der Waals surface area contributed by atoms with E-state index in [0.29, 0.717) is 18.1 Å². The Morgan fingerprint density at radius 2 is 1.65 bits per heavy atom. The van der Waals surface area contributed by atoms with Crippen LogP contribution in [0.4, 0.5) is 0 Å². The van der Waals surface area contributed by atoms with Gasteiger partial charge in [0.05, 0.1) is 11.7 Å². The molecule has 0 aliphatic heterocycles. The predicted molar refractivity (Wildman–Crippen MR) is 71.9 cm³/mol. The van der Waals surface area contributed by atoms with Gasteiger partial charge in [0.25, 0.3) is 0 Å². The number of ether oxygens (including phenoxy) is 2. The molecule has 0 bridgehead atoms. The Kier molecular flexibility index (Phi) is 4.79. The quantitative estimate of drug-likeness (QED) is 0.545. The van der Waals surface area contributed by atoms with Crippen molar-refractivity contribution in [2.75, 3.05) is 6.79 Å². The van der Waals surface area contributed by atoms with Crippen LogP contribution in [-0.4, -0.2) is 18.5 Å². The summed E-state index contributed by atoms with van der Waals surface area (Å²) in [7, 11) is 0. The van der Waals surface area contributed by atoms with E-state index in [4.69, 9.17) is 9.47 Å². The van der Waals surface area contributed by atoms with Gasteiger partial charge in [-0.1, -0.05) is 32.9 Å². The third-order valence-corrected chi connectivity index (χ3v) is 3.21. The molecular weight excluding hydrogens is 212 g/mol. The SMILES string of the molecule is CC(C)(C)OCOC1C=CC(C(C)(C)C)CC1. The summed E-state index contributed by atoms with van der Waals surface area (Å²) in [5, 5.41) is 0. The van der Waals surface area contributed by atoms with Crippen LogP contribution in [0, 0.1) is 11.3 Å². The lowest BCUT2D eigenvalue weighted by atomic mass is 9.75. The van der Waals surface area contributed by atoms with Gasteiger partial charge in [0.1, 0.15) is 6.79 Å². The largest absolute Gasteiger partial charge is 0.350 e. The third-order valence-electron chi connectivity index (χ3n) is 3.21. The van der Waals surface area contributed by atoms with E-state index in [1.807, 2.05) is 20.8 Å². The summed E-state index contributed by atoms with van der Waals surface area (Å²) in [5.74, 6) is 0.672. The van der Waals surface area contributed by atoms with Crippen LogP contribution in [-0.2, 0) is 9.47 Å². The summed E-state index contributed by atoms with van der Waals surface area (Å²) in [6, 6.07) is 0. The standard InChI is InChI=1S/C15H28O2/c1-14(2,3)12-7-9-13(10-8-12)16-11-17-15(4,5)6/h7,9,12-13H,8,10-11H2,1-6H3. The zero-order chi connectivity index (χ0) is 13.1. The van der Waals surface area contributed by atoms with Crippen LogP contribution in [0.2, 0.25) is 0 Å². The van der Waals surface area contributed by atoms with E-state index in [1.54, 1.807) is 0 Å². The van der Waals surface area contributed by atoms with Crippen molar-refractivity contribution >= 4 is 0 Å². The molecule has 0 spiro atoms. The van der Waals surface area contributed by atoms with E-state index in [0.717, 1.165) is 6.42 Å². The third kappa shape index (κ3) is 5.69. The van der Waals surface area contributed by atoms with Crippen molar-refractivity contribution in [2.24, 2.45) is 11.3 Å². The first-order chi connectivity index (χ1) is 7.68. The van der Waals surface area contributed by atoms with E-state index in [1.165, 1.54) is 6.42 Å². The Bertz CT molecular complexity index is 255. The molecule has 0 aromatic heterocycles. The first kappa shape index (κ1) is 14.7. The number of hydrogen-bond donors (Lipinski definition) is 0. The van der Waals surface area contributed by atoms with Crippen molar-refractivity contribution in [3.63, 3.8) is 0 Å². The molecule has 0 amide bonds. The van der Waals surface area contributed by atoms with Crippen LogP contribution in [0.3, 0.4) is 0 Å². The molecule has 2 atom stereocenters. The van der Waals surface area contributed by atoms with E-state index in [2.05, 4.69) is 32.9 Å². The van der Waals surface area contributed by atoms with Crippen LogP contribution < -0.4 is 0 Å². The molecule has 0 radical (unpaired) electrons. The Labute approximate surface area is 106 Å². The summed E-state index contributed by atoms with van der Waals surface area (Å²) >= 11 is 0. The van der Waals surface area contributed by atoms with Crippen molar-refractivity contribution < 1.29 is 9.47 Å². The smallest absolute Gasteiger partial charge is 0.148 e. The van der Waals surface area contributed by atoms with Gasteiger partial charge in [-0.05, 0) is 44.9 Å². The minimum absolute atomic E-state index is 0.119. The number of allylic oxidation sites excluding steroid dienone is 1. The second-order valence-corrected chi connectivity index (χ2v) is 7.01. The summed E-state index contributed by atoms with van der Waals surface area (Å²) < 4.78 is 11.3. The second-order valence-electron chi connectivity index (χ2n) is 7.01. The molecule has 0 N–H and O–H groups in total. The van der Waals surface area contributed by atoms with Gasteiger partial charge in [0.15, 0.2) is 0 Å². The molecule has 2 nitrogen and oxygen atoms in total. The number of rotatable bonds is 3. The Morgan fingerprint density at radius 3 is 2.06 bits per heavy atom. The summed E-state index contributed by atoms with van der Waals surface area (Å²) in [6.45, 7) is 13.4. The highest BCUT2D eigenvalue weighted by atomic mass is 16.7. The average Bonchev–Trinajstić information content (AvgIpc) is 2.15. The van der Waals surface area contributed by atoms with Crippen LogP contribution in [0.15, 0.2) is 12.2 Å². The van der Waals surface area contributed by atoms with Crippen LogP contribution >= 0.6 is 0 Å². The molecule has 17 heavy (non-hydrogen) atoms. The Morgan fingerprint density at radius 1 is 1.00 bits per heavy atom. The van der Waals surface area contributed by atoms with Crippen molar-refractivity contribution in [3.05, 3.63) is 12.2 Å². The van der Waals surface area contributed by atoms with Gasteiger partial charge in [0.2, 0.25) is 0 Å². The molecule has 0 saturated carbocycles. The molecule has 0 saturated heterocycles. The molecule has 2 heteroatoms. The summed E-state index contributed by atoms with van der Waals surface area (Å²) in [4.78, 5) is 0. The molecule has 0 aromatic rings. The average molecular weight is 240 g/mol. The normalized spacial score (nSPS) is 26.2. The predicted octanol–water partition coefficient (Wildman–Crippen LogP) is 4.16. The molecule has 0 aromatic carbocycles. The molecular formula is C15H28O2. The highest BCUT2D eigenvalue weighted by Gasteiger charge is 2.26. The molecule has 1 aliphatic carbocycles. The first-order valence-electron chi connectivity index (χ1n) is 6.62. The highest BCUT2D eigenvalue weighted by Crippen LogP contribution is 2.34. The lowest BCUT2D eigenvalue weighted by Crippen LogP contribution is -2.27. The van der Waals surface area contributed by atoms with Crippen molar-refractivity contribution in [1.82, 2.24) is 0 Å². The van der Waals surface area contributed by atoms with E-state index in [-0.39, 0.29) is 11.7 Å². The molecule has 1 rings (SSSR count). The monoisotopic (exact) mass is 240 g/mol. The lowest BCUT2D eigenvalue weighted by molar-refractivity contribution is -0.136. The fourth-order valence-corrected chi connectivity index (χ4v) is 1.95. The zero-order valence-electron chi connectivity index (χ0n) is 12.2. The number of hydrogen-bond acceptors (Lipinski definition) is 2. The van der Waals surface area contributed by atoms with E-state index < -0.39 is 0 Å². The minimum Gasteiger partial charge on any atom is -0.350 e. The van der Waals surface area contributed by atoms with Crippen molar-refractivity contribution in [1.29, 1.82) is 0 Å². The van der Waals surface area contributed by atoms with Crippen LogP contribution in [0.1, 0.15) is 54.4 Å². The topological polar surface area (TPSA) is 18.5 Å². The fraction of sp³-hybridized carbons (Fsp3) is 0.867. The fourth-order valence-electron chi connectivity index (χ4n) is 1.95. The van der Waals surface area contributed by atoms with Gasteiger partial charge in [0, 0.05) is 0 Å². The van der Waals surface area contributed by atoms with Crippen molar-refractivity contribution in [2.45, 2.75) is 66.1 Å². The van der Waals surface area contributed by atoms with E-state index in [9.17, 15) is 0 Å². The maximum atomic E-state index is 5.71. The van der Waals surface area contributed by atoms with Gasteiger partial charge in [-0.3, -0.25) is 0 Å². The molecule has 100 valence electrons. The van der Waals surface area contributed by atoms with Gasteiger partial charge >= 0.3 is 0 Å². The van der Waals surface area contributed by atoms with Gasteiger partial charge in [-0.25, -0.2) is 0 Å². The Hall–Kier alpha value is -0.340.